The van der Waals surface area contributed by atoms with Gasteiger partial charge in [0.2, 0.25) is 0 Å². The molecule has 2 nitrogen and oxygen atoms in total. The third-order valence-corrected chi connectivity index (χ3v) is 3.19. The zero-order chi connectivity index (χ0) is 13.8. The molecule has 2 heteroatoms. The normalized spacial score (nSPS) is 10.7. The lowest BCUT2D eigenvalue weighted by Crippen LogP contribution is -2.12. The summed E-state index contributed by atoms with van der Waals surface area (Å²) in [5, 5.41) is 0. The molecule has 0 aliphatic heterocycles. The highest BCUT2D eigenvalue weighted by Gasteiger charge is 2.11. The molecule has 0 amide bonds. The highest BCUT2D eigenvalue weighted by molar-refractivity contribution is 5.88. The van der Waals surface area contributed by atoms with E-state index in [9.17, 15) is 4.79 Å². The zero-order valence-corrected chi connectivity index (χ0v) is 12.5. The van der Waals surface area contributed by atoms with Gasteiger partial charge in [-0.2, -0.15) is 0 Å². The third kappa shape index (κ3) is 9.26. The van der Waals surface area contributed by atoms with Gasteiger partial charge in [-0.25, -0.2) is 4.79 Å². The molecule has 106 valence electrons. The summed E-state index contributed by atoms with van der Waals surface area (Å²) in [6.07, 6.45) is 10.1. The van der Waals surface area contributed by atoms with Gasteiger partial charge in [0.15, 0.2) is 0 Å². The second-order valence-electron chi connectivity index (χ2n) is 5.29. The molecule has 0 aliphatic carbocycles. The maximum Gasteiger partial charge on any atom is 0.333 e. The molecule has 0 spiro atoms. The van der Waals surface area contributed by atoms with Gasteiger partial charge in [-0.15, -0.1) is 0 Å². The van der Waals surface area contributed by atoms with Crippen molar-refractivity contribution >= 4 is 5.97 Å². The minimum absolute atomic E-state index is 0.177. The van der Waals surface area contributed by atoms with E-state index in [0.717, 1.165) is 12.8 Å². The van der Waals surface area contributed by atoms with Gasteiger partial charge in [0, 0.05) is 5.57 Å². The molecule has 0 bridgehead atoms. The van der Waals surface area contributed by atoms with Crippen molar-refractivity contribution in [2.45, 2.75) is 72.1 Å². The quantitative estimate of drug-likeness (QED) is 0.298. The van der Waals surface area contributed by atoms with Crippen molar-refractivity contribution < 1.29 is 9.53 Å². The number of carbonyl (C=O) groups excluding carboxylic acids is 1. The Balaban J connectivity index is 3.30. The van der Waals surface area contributed by atoms with E-state index >= 15 is 0 Å². The average Bonchev–Trinajstić information content (AvgIpc) is 2.35. The first-order valence-corrected chi connectivity index (χ1v) is 7.45. The highest BCUT2D eigenvalue weighted by Crippen LogP contribution is 2.10. The fourth-order valence-electron chi connectivity index (χ4n) is 1.73. The van der Waals surface area contributed by atoms with Crippen LogP contribution < -0.4 is 0 Å². The van der Waals surface area contributed by atoms with E-state index < -0.39 is 0 Å². The monoisotopic (exact) mass is 254 g/mol. The molecule has 0 radical (unpaired) electrons. The third-order valence-electron chi connectivity index (χ3n) is 3.19. The predicted octanol–water partition coefficient (Wildman–Crippen LogP) is 4.88. The first-order chi connectivity index (χ1) is 8.59. The van der Waals surface area contributed by atoms with Crippen LogP contribution in [0.25, 0.3) is 0 Å². The van der Waals surface area contributed by atoms with Crippen molar-refractivity contribution in [3.8, 4) is 0 Å². The van der Waals surface area contributed by atoms with Gasteiger partial charge in [0.1, 0.15) is 0 Å². The second-order valence-corrected chi connectivity index (χ2v) is 5.29. The van der Waals surface area contributed by atoms with Gasteiger partial charge in [-0.3, -0.25) is 0 Å². The first-order valence-electron chi connectivity index (χ1n) is 7.45. The molecule has 0 N–H and O–H groups in total. The van der Waals surface area contributed by atoms with Crippen molar-refractivity contribution in [2.75, 3.05) is 6.61 Å². The predicted molar refractivity (Wildman–Crippen MR) is 77.5 cm³/mol. The lowest BCUT2D eigenvalue weighted by molar-refractivity contribution is -0.139. The summed E-state index contributed by atoms with van der Waals surface area (Å²) < 4.78 is 5.17. The smallest absolute Gasteiger partial charge is 0.333 e. The molecular weight excluding hydrogens is 224 g/mol. The highest BCUT2D eigenvalue weighted by atomic mass is 16.5. The molecule has 0 aromatic carbocycles. The minimum atomic E-state index is -0.229. The molecule has 0 unspecified atom stereocenters. The number of hydrogen-bond acceptors (Lipinski definition) is 2. The average molecular weight is 254 g/mol. The molecule has 0 atom stereocenters. The van der Waals surface area contributed by atoms with Crippen LogP contribution in [-0.2, 0) is 9.53 Å². The summed E-state index contributed by atoms with van der Waals surface area (Å²) in [5.74, 6) is -0.0518. The van der Waals surface area contributed by atoms with Crippen LogP contribution in [0.3, 0.4) is 0 Å². The van der Waals surface area contributed by atoms with E-state index in [1.54, 1.807) is 0 Å². The van der Waals surface area contributed by atoms with E-state index in [4.69, 9.17) is 4.74 Å². The van der Waals surface area contributed by atoms with Crippen molar-refractivity contribution in [3.05, 3.63) is 12.2 Å². The van der Waals surface area contributed by atoms with Crippen LogP contribution >= 0.6 is 0 Å². The largest absolute Gasteiger partial charge is 0.462 e. The molecule has 0 saturated heterocycles. The van der Waals surface area contributed by atoms with E-state index in [2.05, 4.69) is 13.5 Å². The van der Waals surface area contributed by atoms with Gasteiger partial charge >= 0.3 is 5.97 Å². The summed E-state index contributed by atoms with van der Waals surface area (Å²) in [7, 11) is 0. The zero-order valence-electron chi connectivity index (χ0n) is 12.5. The van der Waals surface area contributed by atoms with Crippen molar-refractivity contribution in [1.82, 2.24) is 0 Å². The molecule has 0 rings (SSSR count). The molecule has 0 aromatic heterocycles. The van der Waals surface area contributed by atoms with Crippen molar-refractivity contribution in [1.29, 1.82) is 0 Å². The number of rotatable bonds is 11. The summed E-state index contributed by atoms with van der Waals surface area (Å²) in [6.45, 7) is 10.4. The van der Waals surface area contributed by atoms with Gasteiger partial charge in [0.05, 0.1) is 6.61 Å². The Bertz CT molecular complexity index is 231. The number of carbonyl (C=O) groups is 1. The Morgan fingerprint density at radius 3 is 2.00 bits per heavy atom. The van der Waals surface area contributed by atoms with Crippen molar-refractivity contribution in [3.63, 3.8) is 0 Å². The van der Waals surface area contributed by atoms with Crippen LogP contribution in [0.15, 0.2) is 12.2 Å². The molecule has 18 heavy (non-hydrogen) atoms. The molecular formula is C16H30O2. The van der Waals surface area contributed by atoms with Gasteiger partial charge < -0.3 is 4.74 Å². The lowest BCUT2D eigenvalue weighted by atomic mass is 10.1. The number of esters is 1. The topological polar surface area (TPSA) is 26.3 Å². The fourth-order valence-corrected chi connectivity index (χ4v) is 1.73. The maximum atomic E-state index is 11.5. The van der Waals surface area contributed by atoms with Crippen LogP contribution in [0.5, 0.6) is 0 Å². The Morgan fingerprint density at radius 1 is 1.00 bits per heavy atom. The maximum absolute atomic E-state index is 11.5. The van der Waals surface area contributed by atoms with Crippen LogP contribution in [0.1, 0.15) is 72.1 Å². The lowest BCUT2D eigenvalue weighted by Gasteiger charge is -2.09. The van der Waals surface area contributed by atoms with Crippen LogP contribution in [-0.4, -0.2) is 12.6 Å². The first kappa shape index (κ1) is 17.2. The van der Waals surface area contributed by atoms with Crippen molar-refractivity contribution in [2.24, 2.45) is 5.92 Å². The SMILES string of the molecule is C=C(C(=O)OCCCCCCCCCC)C(C)C. The molecule has 0 saturated carbocycles. The van der Waals surface area contributed by atoms with Crippen LogP contribution in [0.4, 0.5) is 0 Å². The number of hydrogen-bond donors (Lipinski definition) is 0. The van der Waals surface area contributed by atoms with E-state index in [-0.39, 0.29) is 11.9 Å². The standard InChI is InChI=1S/C16H30O2/c1-5-6-7-8-9-10-11-12-13-18-16(17)15(4)14(2)3/h14H,4-13H2,1-3H3. The summed E-state index contributed by atoms with van der Waals surface area (Å²) in [4.78, 5) is 11.5. The Labute approximate surface area is 113 Å². The van der Waals surface area contributed by atoms with Gasteiger partial charge in [0.25, 0.3) is 0 Å². The second kappa shape index (κ2) is 11.3. The van der Waals surface area contributed by atoms with Crippen LogP contribution in [0, 0.1) is 5.92 Å². The molecule has 0 aromatic rings. The van der Waals surface area contributed by atoms with E-state index in [1.807, 2.05) is 13.8 Å². The number of ether oxygens (including phenoxy) is 1. The number of unbranched alkanes of at least 4 members (excludes halogenated alkanes) is 7. The summed E-state index contributed by atoms with van der Waals surface area (Å²) in [5.41, 5.74) is 0.578. The minimum Gasteiger partial charge on any atom is -0.462 e. The summed E-state index contributed by atoms with van der Waals surface area (Å²) >= 11 is 0. The van der Waals surface area contributed by atoms with Crippen LogP contribution in [0.2, 0.25) is 0 Å². The van der Waals surface area contributed by atoms with E-state index in [1.165, 1.54) is 38.5 Å². The Morgan fingerprint density at radius 2 is 1.50 bits per heavy atom. The molecule has 0 fully saturated rings. The molecule has 0 heterocycles. The molecule has 0 aliphatic rings. The van der Waals surface area contributed by atoms with Gasteiger partial charge in [-0.05, 0) is 12.3 Å². The summed E-state index contributed by atoms with van der Waals surface area (Å²) in [6, 6.07) is 0. The Hall–Kier alpha value is -0.790. The Kier molecular flexibility index (Phi) is 10.8. The fraction of sp³-hybridized carbons (Fsp3) is 0.812. The van der Waals surface area contributed by atoms with E-state index in [0.29, 0.717) is 12.2 Å². The van der Waals surface area contributed by atoms with Gasteiger partial charge in [-0.1, -0.05) is 72.3 Å².